The molecule has 11 heteroatoms. The normalized spacial score (nSPS) is 26.4. The molecule has 0 saturated carbocycles. The quantitative estimate of drug-likeness (QED) is 0.345. The SMILES string of the molecule is Cc1ccc([S+]([O-])N(C[C@@H](O)[C@H](Cc2ccccc2)NC(=O)O[C@H]2CO[C@H]3OCC[C@H]32)C2CCOC2)cc1CO. The van der Waals surface area contributed by atoms with Crippen LogP contribution in [0.25, 0.3) is 0 Å². The third-order valence-corrected chi connectivity index (χ3v) is 9.43. The summed E-state index contributed by atoms with van der Waals surface area (Å²) in [5, 5.41) is 24.1. The van der Waals surface area contributed by atoms with E-state index in [0.717, 1.165) is 17.5 Å². The van der Waals surface area contributed by atoms with Gasteiger partial charge in [-0.15, -0.1) is 4.31 Å². The predicted molar refractivity (Wildman–Crippen MR) is 147 cm³/mol. The van der Waals surface area contributed by atoms with Gasteiger partial charge in [0.05, 0.1) is 68.4 Å². The zero-order valence-electron chi connectivity index (χ0n) is 22.6. The second-order valence-electron chi connectivity index (χ2n) is 10.6. The summed E-state index contributed by atoms with van der Waals surface area (Å²) >= 11 is -1.63. The lowest BCUT2D eigenvalue weighted by Gasteiger charge is -2.33. The van der Waals surface area contributed by atoms with Crippen molar-refractivity contribution >= 4 is 17.5 Å². The van der Waals surface area contributed by atoms with Crippen LogP contribution in [0.5, 0.6) is 0 Å². The van der Waals surface area contributed by atoms with Crippen LogP contribution in [0.4, 0.5) is 4.79 Å². The molecule has 5 rings (SSSR count). The first-order valence-corrected chi connectivity index (χ1v) is 14.9. The van der Waals surface area contributed by atoms with E-state index in [-0.39, 0.29) is 38.0 Å². The number of nitrogens with one attached hydrogen (secondary N) is 1. The van der Waals surface area contributed by atoms with E-state index in [1.807, 2.05) is 43.3 Å². The fraction of sp³-hybridized carbons (Fsp3) is 0.552. The number of carbonyl (C=O) groups excluding carboxylic acids is 1. The molecule has 0 bridgehead atoms. The van der Waals surface area contributed by atoms with Crippen molar-refractivity contribution in [2.45, 2.75) is 68.3 Å². The summed E-state index contributed by atoms with van der Waals surface area (Å²) in [6, 6.07) is 14.0. The minimum Gasteiger partial charge on any atom is -0.593 e. The summed E-state index contributed by atoms with van der Waals surface area (Å²) in [4.78, 5) is 13.6. The van der Waals surface area contributed by atoms with Gasteiger partial charge in [-0.2, -0.15) is 0 Å². The fourth-order valence-electron chi connectivity index (χ4n) is 5.50. The van der Waals surface area contributed by atoms with Gasteiger partial charge >= 0.3 is 6.09 Å². The first-order chi connectivity index (χ1) is 19.4. The number of rotatable bonds is 11. The maximum absolute atomic E-state index is 13.8. The number of benzene rings is 2. The van der Waals surface area contributed by atoms with E-state index in [0.29, 0.717) is 43.1 Å². The highest BCUT2D eigenvalue weighted by molar-refractivity contribution is 7.89. The van der Waals surface area contributed by atoms with Gasteiger partial charge in [0.1, 0.15) is 6.10 Å². The number of aliphatic hydroxyl groups excluding tert-OH is 2. The Bertz CT molecular complexity index is 1120. The number of hydrogen-bond donors (Lipinski definition) is 3. The summed E-state index contributed by atoms with van der Waals surface area (Å²) in [5.74, 6) is 0.00171. The van der Waals surface area contributed by atoms with E-state index in [2.05, 4.69) is 5.32 Å². The van der Waals surface area contributed by atoms with Gasteiger partial charge in [0.2, 0.25) is 0 Å². The molecule has 3 N–H and O–H groups in total. The average Bonchev–Trinajstić information content (AvgIpc) is 3.73. The zero-order valence-corrected chi connectivity index (χ0v) is 23.5. The molecule has 2 aromatic rings. The summed E-state index contributed by atoms with van der Waals surface area (Å²) in [6.45, 7) is 3.55. The third kappa shape index (κ3) is 6.97. The summed E-state index contributed by atoms with van der Waals surface area (Å²) in [5.41, 5.74) is 2.54. The highest BCUT2D eigenvalue weighted by Crippen LogP contribution is 2.33. The van der Waals surface area contributed by atoms with Crippen LogP contribution >= 0.6 is 0 Å². The second kappa shape index (κ2) is 13.6. The third-order valence-electron chi connectivity index (χ3n) is 7.90. The molecule has 0 aromatic heterocycles. The molecule has 0 aliphatic carbocycles. The van der Waals surface area contributed by atoms with Crippen LogP contribution in [0.3, 0.4) is 0 Å². The molecule has 3 heterocycles. The lowest BCUT2D eigenvalue weighted by molar-refractivity contribution is -0.0907. The van der Waals surface area contributed by atoms with Crippen molar-refractivity contribution in [3.63, 3.8) is 0 Å². The smallest absolute Gasteiger partial charge is 0.407 e. The van der Waals surface area contributed by atoms with E-state index >= 15 is 0 Å². The van der Waals surface area contributed by atoms with Crippen molar-refractivity contribution in [2.24, 2.45) is 5.92 Å². The van der Waals surface area contributed by atoms with Crippen LogP contribution in [0.1, 0.15) is 29.5 Å². The van der Waals surface area contributed by atoms with Crippen LogP contribution in [-0.2, 0) is 43.3 Å². The van der Waals surface area contributed by atoms with E-state index < -0.39 is 35.7 Å². The lowest BCUT2D eigenvalue weighted by Crippen LogP contribution is -2.53. The molecular formula is C29H38N2O8S. The molecule has 2 unspecified atom stereocenters. The van der Waals surface area contributed by atoms with Gasteiger partial charge in [-0.3, -0.25) is 0 Å². The molecule has 3 saturated heterocycles. The van der Waals surface area contributed by atoms with Gasteiger partial charge in [-0.05, 0) is 48.9 Å². The van der Waals surface area contributed by atoms with Crippen molar-refractivity contribution in [1.29, 1.82) is 0 Å². The Labute approximate surface area is 237 Å². The van der Waals surface area contributed by atoms with Crippen molar-refractivity contribution in [3.05, 3.63) is 65.2 Å². The minimum atomic E-state index is -1.63. The van der Waals surface area contributed by atoms with Gasteiger partial charge in [0, 0.05) is 12.7 Å². The number of carbonyl (C=O) groups is 1. The Hall–Kier alpha value is -2.22. The molecule has 3 aliphatic heterocycles. The summed E-state index contributed by atoms with van der Waals surface area (Å²) in [7, 11) is 0. The molecule has 2 aromatic carbocycles. The van der Waals surface area contributed by atoms with Crippen molar-refractivity contribution < 1.29 is 38.5 Å². The molecule has 40 heavy (non-hydrogen) atoms. The highest BCUT2D eigenvalue weighted by atomic mass is 32.2. The van der Waals surface area contributed by atoms with Crippen LogP contribution in [0, 0.1) is 12.8 Å². The number of nitrogens with zero attached hydrogens (tertiary/aromatic N) is 1. The number of aryl methyl sites for hydroxylation is 1. The topological polar surface area (TPSA) is 133 Å². The maximum Gasteiger partial charge on any atom is 0.407 e. The molecule has 3 aliphatic rings. The molecule has 1 amide bonds. The molecular weight excluding hydrogens is 536 g/mol. The largest absolute Gasteiger partial charge is 0.593 e. The zero-order chi connectivity index (χ0) is 28.1. The molecule has 0 spiro atoms. The predicted octanol–water partition coefficient (Wildman–Crippen LogP) is 2.06. The Kier molecular flexibility index (Phi) is 9.98. The number of ether oxygens (including phenoxy) is 4. The standard InChI is InChI=1S/C29H38N2O8S/c1-19-7-8-23(14-21(19)16-32)40(35)31(22-9-11-36-17-22)15-26(33)25(13-20-5-3-2-4-6-20)30-29(34)39-27-18-38-28-24(27)10-12-37-28/h2-8,14,22,24-28,32-33H,9-13,15-18H2,1H3,(H,30,34)/t22?,24-,25-,26+,27-,28+,40?/m0/s1. The number of hydrogen-bond acceptors (Lipinski definition) is 9. The van der Waals surface area contributed by atoms with Crippen molar-refractivity contribution in [1.82, 2.24) is 9.62 Å². The second-order valence-corrected chi connectivity index (χ2v) is 12.0. The summed E-state index contributed by atoms with van der Waals surface area (Å²) in [6.07, 6.45) is -0.666. The lowest BCUT2D eigenvalue weighted by atomic mass is 10.0. The Morgan fingerprint density at radius 3 is 2.75 bits per heavy atom. The molecule has 3 fully saturated rings. The van der Waals surface area contributed by atoms with E-state index in [4.69, 9.17) is 18.9 Å². The van der Waals surface area contributed by atoms with Crippen LogP contribution < -0.4 is 5.32 Å². The molecule has 7 atom stereocenters. The number of amides is 1. The van der Waals surface area contributed by atoms with E-state index in [1.165, 1.54) is 0 Å². The molecule has 0 radical (unpaired) electrons. The molecule has 10 nitrogen and oxygen atoms in total. The Morgan fingerprint density at radius 1 is 1.18 bits per heavy atom. The van der Waals surface area contributed by atoms with Crippen molar-refractivity contribution in [2.75, 3.05) is 33.0 Å². The van der Waals surface area contributed by atoms with Gasteiger partial charge in [0.15, 0.2) is 11.2 Å². The highest BCUT2D eigenvalue weighted by Gasteiger charge is 2.44. The van der Waals surface area contributed by atoms with Crippen molar-refractivity contribution in [3.8, 4) is 0 Å². The van der Waals surface area contributed by atoms with Gasteiger partial charge in [0.25, 0.3) is 0 Å². The van der Waals surface area contributed by atoms with Crippen LogP contribution in [0.2, 0.25) is 0 Å². The monoisotopic (exact) mass is 574 g/mol. The van der Waals surface area contributed by atoms with E-state index in [1.54, 1.807) is 16.4 Å². The summed E-state index contributed by atoms with van der Waals surface area (Å²) < 4.78 is 38.0. The Balaban J connectivity index is 1.32. The van der Waals surface area contributed by atoms with Gasteiger partial charge in [-0.25, -0.2) is 4.79 Å². The number of fused-ring (bicyclic) bond motifs is 1. The fourth-order valence-corrected chi connectivity index (χ4v) is 6.92. The minimum absolute atomic E-state index is 0.00171. The van der Waals surface area contributed by atoms with Gasteiger partial charge in [-0.1, -0.05) is 36.4 Å². The first kappa shape index (κ1) is 29.3. The van der Waals surface area contributed by atoms with E-state index in [9.17, 15) is 19.6 Å². The average molecular weight is 575 g/mol. The first-order valence-electron chi connectivity index (χ1n) is 13.8. The molecule has 218 valence electrons. The number of aliphatic hydroxyl groups is 2. The Morgan fingerprint density at radius 2 is 2.00 bits per heavy atom. The van der Waals surface area contributed by atoms with Gasteiger partial charge < -0.3 is 39.0 Å². The number of alkyl carbamates (subject to hydrolysis) is 1. The van der Waals surface area contributed by atoms with Crippen LogP contribution in [-0.4, -0.2) is 88.7 Å². The van der Waals surface area contributed by atoms with Crippen LogP contribution in [0.15, 0.2) is 53.4 Å². The maximum atomic E-state index is 13.8.